The van der Waals surface area contributed by atoms with Gasteiger partial charge < -0.3 is 20.5 Å². The number of aryl methyl sites for hydroxylation is 1. The van der Waals surface area contributed by atoms with Crippen LogP contribution in [0.25, 0.3) is 27.5 Å². The van der Waals surface area contributed by atoms with E-state index in [0.717, 1.165) is 45.4 Å². The molecular weight excluding hydrogens is 414 g/mol. The predicted octanol–water partition coefficient (Wildman–Crippen LogP) is 4.79. The van der Waals surface area contributed by atoms with Crippen LogP contribution in [0.4, 0.5) is 16.2 Å². The third kappa shape index (κ3) is 4.28. The van der Waals surface area contributed by atoms with Gasteiger partial charge in [-0.25, -0.2) is 9.78 Å². The van der Waals surface area contributed by atoms with Gasteiger partial charge in [0, 0.05) is 54.0 Å². The number of aromatic amines is 1. The second-order valence-electron chi connectivity index (χ2n) is 9.58. The van der Waals surface area contributed by atoms with E-state index in [0.29, 0.717) is 13.1 Å². The zero-order valence-corrected chi connectivity index (χ0v) is 19.4. The molecule has 2 amide bonds. The molecule has 8 nitrogen and oxygen atoms in total. The van der Waals surface area contributed by atoms with Gasteiger partial charge in [0.1, 0.15) is 5.65 Å². The number of amides is 2. The van der Waals surface area contributed by atoms with Crippen LogP contribution in [-0.2, 0) is 7.05 Å². The fourth-order valence-corrected chi connectivity index (χ4v) is 4.20. The molecule has 0 fully saturated rings. The minimum Gasteiger partial charge on any atom is -0.355 e. The summed E-state index contributed by atoms with van der Waals surface area (Å²) in [5.74, 6) is 0. The molecule has 4 heterocycles. The number of carbonyl (C=O) groups excluding carboxylic acids is 1. The normalized spacial score (nSPS) is 14.5. The highest BCUT2D eigenvalue weighted by molar-refractivity contribution is 5.95. The van der Waals surface area contributed by atoms with E-state index >= 15 is 0 Å². The number of pyridine rings is 1. The number of aromatic nitrogens is 4. The highest BCUT2D eigenvalue weighted by Crippen LogP contribution is 2.31. The third-order valence-corrected chi connectivity index (χ3v) is 5.88. The van der Waals surface area contributed by atoms with Crippen molar-refractivity contribution in [3.63, 3.8) is 0 Å². The Morgan fingerprint density at radius 1 is 1.18 bits per heavy atom. The van der Waals surface area contributed by atoms with Gasteiger partial charge in [0.05, 0.1) is 17.4 Å². The van der Waals surface area contributed by atoms with Crippen molar-refractivity contribution >= 4 is 44.9 Å². The van der Waals surface area contributed by atoms with Crippen LogP contribution in [0.1, 0.15) is 32.9 Å². The number of fused-ring (bicyclic) bond motifs is 2. The summed E-state index contributed by atoms with van der Waals surface area (Å²) in [6.45, 7) is 7.26. The number of nitrogens with zero attached hydrogens (tertiary/aromatic N) is 4. The second-order valence-corrected chi connectivity index (χ2v) is 9.58. The lowest BCUT2D eigenvalue weighted by molar-refractivity contribution is 0.193. The molecule has 1 aromatic carbocycles. The number of benzene rings is 1. The van der Waals surface area contributed by atoms with Crippen molar-refractivity contribution in [3.05, 3.63) is 54.5 Å². The van der Waals surface area contributed by atoms with Gasteiger partial charge in [0.25, 0.3) is 0 Å². The van der Waals surface area contributed by atoms with E-state index in [1.54, 1.807) is 6.20 Å². The summed E-state index contributed by atoms with van der Waals surface area (Å²) in [6, 6.07) is 10.3. The lowest BCUT2D eigenvalue weighted by Crippen LogP contribution is -2.49. The Hall–Kier alpha value is -3.81. The zero-order chi connectivity index (χ0) is 23.2. The molecule has 3 aromatic heterocycles. The summed E-state index contributed by atoms with van der Waals surface area (Å²) in [5.41, 5.74) is 5.94. The van der Waals surface area contributed by atoms with Crippen LogP contribution in [0, 0.1) is 0 Å². The topological polar surface area (TPSA) is 90.9 Å². The molecule has 0 saturated carbocycles. The first kappa shape index (κ1) is 21.1. The molecule has 4 aromatic rings. The van der Waals surface area contributed by atoms with Crippen LogP contribution in [0.2, 0.25) is 0 Å². The van der Waals surface area contributed by atoms with Gasteiger partial charge in [0.15, 0.2) is 0 Å². The van der Waals surface area contributed by atoms with Crippen molar-refractivity contribution in [1.29, 1.82) is 0 Å². The van der Waals surface area contributed by atoms with Gasteiger partial charge in [-0.05, 0) is 63.1 Å². The predicted molar refractivity (Wildman–Crippen MR) is 133 cm³/mol. The third-order valence-electron chi connectivity index (χ3n) is 5.88. The number of anilines is 2. The molecule has 0 saturated heterocycles. The quantitative estimate of drug-likeness (QED) is 0.425. The van der Waals surface area contributed by atoms with Gasteiger partial charge in [-0.2, -0.15) is 5.10 Å². The number of carbonyl (C=O) groups is 1. The lowest BCUT2D eigenvalue weighted by atomic mass is 10.0. The van der Waals surface area contributed by atoms with Crippen LogP contribution in [-0.4, -0.2) is 49.3 Å². The molecule has 0 unspecified atom stereocenters. The maximum absolute atomic E-state index is 12.5. The second kappa shape index (κ2) is 7.95. The molecule has 1 aliphatic rings. The van der Waals surface area contributed by atoms with Crippen molar-refractivity contribution in [1.82, 2.24) is 30.0 Å². The first-order valence-electron chi connectivity index (χ1n) is 11.2. The standard InChI is InChI=1S/C25H29N7O/c1-25(2,3)30-24(33)32-11-8-16(9-12-32)21-14-19-20(7-10-26-23(19)29-21)28-18-5-6-22-17(13-18)15-27-31(22)4/h5-8,10,13-15H,9,11-12H2,1-4H3,(H,30,33)(H2,26,28,29). The van der Waals surface area contributed by atoms with E-state index in [1.165, 1.54) is 5.57 Å². The molecular formula is C25H29N7O. The number of hydrogen-bond acceptors (Lipinski definition) is 4. The molecule has 170 valence electrons. The van der Waals surface area contributed by atoms with Crippen LogP contribution < -0.4 is 10.6 Å². The minimum atomic E-state index is -0.241. The van der Waals surface area contributed by atoms with Crippen LogP contribution in [0.3, 0.4) is 0 Å². The molecule has 8 heteroatoms. The minimum absolute atomic E-state index is 0.0202. The van der Waals surface area contributed by atoms with Gasteiger partial charge in [-0.15, -0.1) is 0 Å². The van der Waals surface area contributed by atoms with Crippen molar-refractivity contribution in [2.75, 3.05) is 18.4 Å². The van der Waals surface area contributed by atoms with Crippen molar-refractivity contribution in [2.45, 2.75) is 32.7 Å². The number of hydrogen-bond donors (Lipinski definition) is 3. The van der Waals surface area contributed by atoms with E-state index in [4.69, 9.17) is 0 Å². The van der Waals surface area contributed by atoms with Crippen molar-refractivity contribution < 1.29 is 4.79 Å². The molecule has 1 aliphatic heterocycles. The van der Waals surface area contributed by atoms with Crippen LogP contribution in [0.15, 0.2) is 48.8 Å². The smallest absolute Gasteiger partial charge is 0.318 e. The summed E-state index contributed by atoms with van der Waals surface area (Å²) < 4.78 is 1.87. The Bertz CT molecular complexity index is 1370. The Morgan fingerprint density at radius 2 is 2.03 bits per heavy atom. The fourth-order valence-electron chi connectivity index (χ4n) is 4.20. The number of nitrogens with one attached hydrogen (secondary N) is 3. The summed E-state index contributed by atoms with van der Waals surface area (Å²) in [7, 11) is 1.94. The maximum atomic E-state index is 12.5. The highest BCUT2D eigenvalue weighted by atomic mass is 16.2. The summed E-state index contributed by atoms with van der Waals surface area (Å²) >= 11 is 0. The molecule has 3 N–H and O–H groups in total. The summed E-state index contributed by atoms with van der Waals surface area (Å²) in [5, 5.41) is 13.0. The van der Waals surface area contributed by atoms with Gasteiger partial charge in [-0.3, -0.25) is 4.68 Å². The van der Waals surface area contributed by atoms with E-state index in [1.807, 2.05) is 49.7 Å². The molecule has 0 radical (unpaired) electrons. The SMILES string of the molecule is Cn1ncc2cc(Nc3ccnc4[nH]c(C5=CCN(C(=O)NC(C)(C)C)CC5)cc34)ccc21. The first-order chi connectivity index (χ1) is 15.8. The Kier molecular flexibility index (Phi) is 5.08. The van der Waals surface area contributed by atoms with E-state index < -0.39 is 0 Å². The molecule has 33 heavy (non-hydrogen) atoms. The Balaban J connectivity index is 1.37. The van der Waals surface area contributed by atoms with Crippen LogP contribution in [0.5, 0.6) is 0 Å². The summed E-state index contributed by atoms with van der Waals surface area (Å²) in [4.78, 5) is 22.3. The largest absolute Gasteiger partial charge is 0.355 e. The molecule has 0 atom stereocenters. The Morgan fingerprint density at radius 3 is 2.79 bits per heavy atom. The van der Waals surface area contributed by atoms with E-state index in [9.17, 15) is 4.79 Å². The highest BCUT2D eigenvalue weighted by Gasteiger charge is 2.22. The maximum Gasteiger partial charge on any atom is 0.318 e. The van der Waals surface area contributed by atoms with E-state index in [2.05, 4.69) is 56.0 Å². The zero-order valence-electron chi connectivity index (χ0n) is 19.4. The molecule has 0 spiro atoms. The average molecular weight is 444 g/mol. The van der Waals surface area contributed by atoms with Crippen LogP contribution >= 0.6 is 0 Å². The first-order valence-corrected chi connectivity index (χ1v) is 11.2. The molecule has 5 rings (SSSR count). The van der Waals surface area contributed by atoms with Gasteiger partial charge in [-0.1, -0.05) is 6.08 Å². The molecule has 0 aliphatic carbocycles. The lowest BCUT2D eigenvalue weighted by Gasteiger charge is -2.30. The average Bonchev–Trinajstić information content (AvgIpc) is 3.37. The van der Waals surface area contributed by atoms with Crippen molar-refractivity contribution in [2.24, 2.45) is 7.05 Å². The summed E-state index contributed by atoms with van der Waals surface area (Å²) in [6.07, 6.45) is 6.60. The fraction of sp³-hybridized carbons (Fsp3) is 0.320. The Labute approximate surface area is 192 Å². The number of urea groups is 1. The van der Waals surface area contributed by atoms with Gasteiger partial charge in [0.2, 0.25) is 0 Å². The van der Waals surface area contributed by atoms with Gasteiger partial charge >= 0.3 is 6.03 Å². The molecule has 0 bridgehead atoms. The number of H-pyrrole nitrogens is 1. The van der Waals surface area contributed by atoms with Crippen molar-refractivity contribution in [3.8, 4) is 0 Å². The monoisotopic (exact) mass is 443 g/mol. The number of rotatable bonds is 3. The van der Waals surface area contributed by atoms with E-state index in [-0.39, 0.29) is 11.6 Å².